The second-order valence-electron chi connectivity index (χ2n) is 17.9. The third kappa shape index (κ3) is 17.8. The van der Waals surface area contributed by atoms with Gasteiger partial charge in [0.2, 0.25) is 10.0 Å². The number of likely N-dealkylation sites (tertiary alicyclic amines) is 1. The quantitative estimate of drug-likeness (QED) is 0.114. The molecule has 0 bridgehead atoms. The summed E-state index contributed by atoms with van der Waals surface area (Å²) < 4.78 is 52.3. The summed E-state index contributed by atoms with van der Waals surface area (Å²) in [5.41, 5.74) is -1.78. The molecule has 1 aliphatic rings. The molecule has 1 aliphatic heterocycles. The highest BCUT2D eigenvalue weighted by Gasteiger charge is 2.41. The summed E-state index contributed by atoms with van der Waals surface area (Å²) in [5.74, 6) is -2.10. The number of nitrogens with zero attached hydrogens (tertiary/aromatic N) is 2. The van der Waals surface area contributed by atoms with E-state index in [1.807, 2.05) is 11.0 Å². The molecule has 0 spiro atoms. The molecule has 1 aromatic rings. The number of carbonyl (C=O) groups excluding carboxylic acids is 4. The second kappa shape index (κ2) is 19.0. The predicted molar refractivity (Wildman–Crippen MR) is 207 cm³/mol. The van der Waals surface area contributed by atoms with Crippen LogP contribution in [-0.2, 0) is 50.0 Å². The van der Waals surface area contributed by atoms with Gasteiger partial charge in [0.1, 0.15) is 41.5 Å². The third-order valence-electron chi connectivity index (χ3n) is 8.06. The van der Waals surface area contributed by atoms with Gasteiger partial charge in [0, 0.05) is 21.2 Å². The number of hydrogen-bond donors (Lipinski definition) is 1. The fraction of sp³-hybridized carbons (Fsp3) is 0.737. The first-order chi connectivity index (χ1) is 24.2. The molecule has 3 atom stereocenters. The number of carbonyl (C=O) groups is 4. The number of hydrogen-bond acceptors (Lipinski definition) is 11. The van der Waals surface area contributed by atoms with Crippen LogP contribution in [0.2, 0.25) is 25.7 Å². The lowest BCUT2D eigenvalue weighted by atomic mass is 10.1. The van der Waals surface area contributed by atoms with Crippen LogP contribution in [0.4, 0.5) is 4.79 Å². The van der Waals surface area contributed by atoms with Gasteiger partial charge in [-0.2, -0.15) is 4.31 Å². The summed E-state index contributed by atoms with van der Waals surface area (Å²) in [5, 5.41) is 2.57. The maximum absolute atomic E-state index is 14.3. The summed E-state index contributed by atoms with van der Waals surface area (Å²) in [6.07, 6.45) is 0.231. The lowest BCUT2D eigenvalue weighted by molar-refractivity contribution is -0.160. The van der Waals surface area contributed by atoms with Crippen molar-refractivity contribution in [2.75, 3.05) is 25.4 Å². The normalized spacial score (nSPS) is 17.2. The molecule has 1 heterocycles. The van der Waals surface area contributed by atoms with E-state index in [0.717, 1.165) is 16.3 Å². The van der Waals surface area contributed by atoms with Crippen molar-refractivity contribution in [1.29, 1.82) is 0 Å². The number of benzene rings is 1. The molecule has 53 heavy (non-hydrogen) atoms. The van der Waals surface area contributed by atoms with E-state index in [-0.39, 0.29) is 44.3 Å². The van der Waals surface area contributed by atoms with E-state index in [2.05, 4.69) is 25.0 Å². The lowest BCUT2D eigenvalue weighted by Crippen LogP contribution is -2.53. The highest BCUT2D eigenvalue weighted by atomic mass is 32.2. The Kier molecular flexibility index (Phi) is 16.6. The number of esters is 3. The van der Waals surface area contributed by atoms with E-state index in [1.165, 1.54) is 0 Å². The summed E-state index contributed by atoms with van der Waals surface area (Å²) >= 11 is 0. The number of ether oxygens (including phenoxy) is 4. The van der Waals surface area contributed by atoms with Crippen molar-refractivity contribution in [2.24, 2.45) is 0 Å². The maximum atomic E-state index is 14.3. The summed E-state index contributed by atoms with van der Waals surface area (Å²) in [6.45, 7) is 22.2. The van der Waals surface area contributed by atoms with Crippen molar-refractivity contribution in [3.63, 3.8) is 0 Å². The zero-order valence-corrected chi connectivity index (χ0v) is 35.9. The van der Waals surface area contributed by atoms with Gasteiger partial charge in [-0.05, 0) is 106 Å². The molecule has 2 rings (SSSR count). The second-order valence-corrected chi connectivity index (χ2v) is 25.5. The molecule has 0 unspecified atom stereocenters. The Bertz CT molecular complexity index is 1480. The van der Waals surface area contributed by atoms with Crippen molar-refractivity contribution < 1.29 is 46.5 Å². The summed E-state index contributed by atoms with van der Waals surface area (Å²) in [6, 6.07) is 6.33. The Morgan fingerprint density at radius 3 is 1.98 bits per heavy atom. The van der Waals surface area contributed by atoms with Crippen molar-refractivity contribution in [1.82, 2.24) is 14.5 Å². The van der Waals surface area contributed by atoms with Gasteiger partial charge >= 0.3 is 24.0 Å². The van der Waals surface area contributed by atoms with Crippen LogP contribution in [0.1, 0.15) is 93.6 Å². The van der Waals surface area contributed by atoms with Gasteiger partial charge in [0.25, 0.3) is 0 Å². The fourth-order valence-corrected chi connectivity index (χ4v) is 10.3. The minimum absolute atomic E-state index is 0.0179. The smallest absolute Gasteiger partial charge is 0.408 e. The zero-order valence-electron chi connectivity index (χ0n) is 34.1. The van der Waals surface area contributed by atoms with E-state index in [0.29, 0.717) is 19.0 Å². The van der Waals surface area contributed by atoms with Gasteiger partial charge in [0.05, 0.1) is 5.75 Å². The molecule has 1 amide bonds. The van der Waals surface area contributed by atoms with E-state index in [1.54, 1.807) is 86.6 Å². The molecule has 1 N–H and O–H groups in total. The van der Waals surface area contributed by atoms with Crippen LogP contribution in [0.3, 0.4) is 0 Å². The highest BCUT2D eigenvalue weighted by Crippen LogP contribution is 2.25. The van der Waals surface area contributed by atoms with Crippen molar-refractivity contribution in [3.05, 3.63) is 35.9 Å². The molecule has 0 saturated carbocycles. The topological polar surface area (TPSA) is 158 Å². The average Bonchev–Trinajstić information content (AvgIpc) is 3.46. The first-order valence-electron chi connectivity index (χ1n) is 18.6. The highest BCUT2D eigenvalue weighted by molar-refractivity contribution is 7.89. The number of alkyl carbamates (subject to hydrolysis) is 1. The van der Waals surface area contributed by atoms with Crippen LogP contribution in [-0.4, -0.2) is 110 Å². The molecule has 302 valence electrons. The van der Waals surface area contributed by atoms with Crippen LogP contribution < -0.4 is 5.32 Å². The molecule has 0 aliphatic carbocycles. The van der Waals surface area contributed by atoms with Gasteiger partial charge < -0.3 is 24.3 Å². The van der Waals surface area contributed by atoms with Crippen molar-refractivity contribution in [3.8, 4) is 0 Å². The van der Waals surface area contributed by atoms with Crippen LogP contribution in [0.25, 0.3) is 0 Å². The van der Waals surface area contributed by atoms with Gasteiger partial charge in [-0.1, -0.05) is 50.0 Å². The van der Waals surface area contributed by atoms with Crippen molar-refractivity contribution in [2.45, 2.75) is 155 Å². The van der Waals surface area contributed by atoms with Crippen LogP contribution in [0, 0.1) is 0 Å². The van der Waals surface area contributed by atoms with Crippen LogP contribution in [0.5, 0.6) is 0 Å². The Morgan fingerprint density at radius 1 is 0.868 bits per heavy atom. The van der Waals surface area contributed by atoms with E-state index in [9.17, 15) is 27.6 Å². The molecule has 1 aromatic carbocycles. The Morgan fingerprint density at radius 2 is 1.43 bits per heavy atom. The van der Waals surface area contributed by atoms with Crippen LogP contribution in [0.15, 0.2) is 30.3 Å². The maximum Gasteiger partial charge on any atom is 0.408 e. The largest absolute Gasteiger partial charge is 0.459 e. The number of sulfonamides is 1. The number of amides is 1. The standard InChI is InChI=1S/C38H65N3O10SSi/c1-36(2,3)49-32(42)29(39-35(45)48-27-28-17-14-13-15-18-28)20-24-41(52(46,47)25-26-53(10,11)12)31(34(44)51-38(7,8)9)21-23-40-22-16-19-30(40)33(43)50-37(4,5)6/h13-15,17-18,29-31H,16,19-27H2,1-12H3,(H,39,45)/t29-,30-,31-/m0/s1. The molecule has 15 heteroatoms. The van der Waals surface area contributed by atoms with Gasteiger partial charge in [-0.3, -0.25) is 14.5 Å². The molecule has 13 nitrogen and oxygen atoms in total. The Hall–Kier alpha value is -3.01. The van der Waals surface area contributed by atoms with Gasteiger partial charge in [-0.15, -0.1) is 0 Å². The first kappa shape index (κ1) is 46.1. The molecular formula is C38H65N3O10SSi. The van der Waals surface area contributed by atoms with Crippen LogP contribution >= 0.6 is 0 Å². The molecule has 1 fully saturated rings. The van der Waals surface area contributed by atoms with Crippen molar-refractivity contribution >= 4 is 42.1 Å². The van der Waals surface area contributed by atoms with E-state index < -0.39 is 71.1 Å². The SMILES string of the molecule is CC(C)(C)OC(=O)[C@H](CCN([C@@H](CCN1CCC[C@H]1C(=O)OC(C)(C)C)C(=O)OC(C)(C)C)S(=O)(=O)CC[Si](C)(C)C)NC(=O)OCc1ccccc1. The number of nitrogens with one attached hydrogen (secondary N) is 1. The fourth-order valence-electron chi connectivity index (χ4n) is 5.59. The Balaban J connectivity index is 2.49. The monoisotopic (exact) mass is 783 g/mol. The lowest BCUT2D eigenvalue weighted by Gasteiger charge is -2.35. The Labute approximate surface area is 318 Å². The molecule has 0 aromatic heterocycles. The summed E-state index contributed by atoms with van der Waals surface area (Å²) in [4.78, 5) is 55.5. The summed E-state index contributed by atoms with van der Waals surface area (Å²) in [7, 11) is -6.00. The first-order valence-corrected chi connectivity index (χ1v) is 23.9. The zero-order chi connectivity index (χ0) is 40.4. The third-order valence-corrected chi connectivity index (χ3v) is 12.0. The predicted octanol–water partition coefficient (Wildman–Crippen LogP) is 5.89. The molecular weight excluding hydrogens is 719 g/mol. The van der Waals surface area contributed by atoms with Gasteiger partial charge in [0.15, 0.2) is 0 Å². The molecule has 0 radical (unpaired) electrons. The number of rotatable bonds is 17. The minimum atomic E-state index is -4.13. The molecule has 1 saturated heterocycles. The van der Waals surface area contributed by atoms with E-state index >= 15 is 0 Å². The van der Waals surface area contributed by atoms with Gasteiger partial charge in [-0.25, -0.2) is 18.0 Å². The van der Waals surface area contributed by atoms with E-state index in [4.69, 9.17) is 18.9 Å². The average molecular weight is 784 g/mol. The minimum Gasteiger partial charge on any atom is -0.459 e.